The summed E-state index contributed by atoms with van der Waals surface area (Å²) in [5.74, 6) is 1.21. The first-order valence-electron chi connectivity index (χ1n) is 12.7. The van der Waals surface area contributed by atoms with Crippen LogP contribution in [0.25, 0.3) is 0 Å². The molecule has 0 unspecified atom stereocenters. The van der Waals surface area contributed by atoms with Gasteiger partial charge in [0.1, 0.15) is 30.9 Å². The van der Waals surface area contributed by atoms with Gasteiger partial charge in [-0.25, -0.2) is 4.98 Å². The van der Waals surface area contributed by atoms with Gasteiger partial charge in [-0.2, -0.15) is 5.10 Å². The third-order valence-corrected chi connectivity index (χ3v) is 5.94. The summed E-state index contributed by atoms with van der Waals surface area (Å²) in [6, 6.07) is 0. The Hall–Kier alpha value is -3.07. The van der Waals surface area contributed by atoms with E-state index < -0.39 is 0 Å². The van der Waals surface area contributed by atoms with Gasteiger partial charge in [-0.05, 0) is 18.9 Å². The second-order valence-corrected chi connectivity index (χ2v) is 8.09. The van der Waals surface area contributed by atoms with Crippen molar-refractivity contribution >= 4 is 29.4 Å². The number of amides is 1. The zero-order valence-electron chi connectivity index (χ0n) is 22.1. The molecule has 1 aromatic rings. The fourth-order valence-electron chi connectivity index (χ4n) is 3.85. The maximum absolute atomic E-state index is 13.0. The molecule has 10 heteroatoms. The number of piperazine rings is 1. The highest BCUT2D eigenvalue weighted by Crippen LogP contribution is 2.29. The van der Waals surface area contributed by atoms with Crippen LogP contribution >= 0.6 is 11.6 Å². The van der Waals surface area contributed by atoms with E-state index in [9.17, 15) is 4.79 Å². The Morgan fingerprint density at radius 2 is 1.89 bits per heavy atom. The number of rotatable bonds is 5. The van der Waals surface area contributed by atoms with E-state index in [1.807, 2.05) is 50.8 Å². The number of ether oxygens (including phenoxy) is 1. The monoisotopic (exact) mass is 518 g/mol. The second-order valence-electron chi connectivity index (χ2n) is 7.63. The standard InChI is InChI=1S/C22H27ClN6O3.2C2H6/c1-31-20-14-17(5-6-18(20)23)27-9-11-28(12-10-27)21(30)15-29-16-24-7-3-2-4-19(26-29)22-25-8-13-32-22;2*1-2/h2-3,7-8,13-14H,4-6,9-12,15-16H2,1H3;2*1-2H3/b3-2-,24-7-,26-19+;;. The highest BCUT2D eigenvalue weighted by atomic mass is 35.5. The van der Waals surface area contributed by atoms with Crippen LogP contribution < -0.4 is 0 Å². The molecule has 1 fully saturated rings. The summed E-state index contributed by atoms with van der Waals surface area (Å²) in [6.45, 7) is 11.3. The van der Waals surface area contributed by atoms with E-state index in [2.05, 4.69) is 20.0 Å². The number of allylic oxidation sites excluding steroid dienone is 5. The highest BCUT2D eigenvalue weighted by Gasteiger charge is 2.25. The quantitative estimate of drug-likeness (QED) is 0.564. The van der Waals surface area contributed by atoms with Gasteiger partial charge in [0, 0.05) is 50.6 Å². The molecule has 1 saturated heterocycles. The molecular weight excluding hydrogens is 480 g/mol. The lowest BCUT2D eigenvalue weighted by atomic mass is 10.1. The Kier molecular flexibility index (Phi) is 12.8. The van der Waals surface area contributed by atoms with Crippen LogP contribution in [0.3, 0.4) is 0 Å². The fourth-order valence-corrected chi connectivity index (χ4v) is 4.07. The van der Waals surface area contributed by atoms with Crippen molar-refractivity contribution in [2.45, 2.75) is 47.0 Å². The minimum absolute atomic E-state index is 0.0284. The molecule has 4 rings (SSSR count). The Bertz CT molecular complexity index is 960. The minimum atomic E-state index is 0.0284. The molecule has 0 bridgehead atoms. The Labute approximate surface area is 219 Å². The first kappa shape index (κ1) is 29.2. The van der Waals surface area contributed by atoms with Crippen LogP contribution in [0.5, 0.6) is 0 Å². The van der Waals surface area contributed by atoms with Crippen LogP contribution in [0.4, 0.5) is 0 Å². The highest BCUT2D eigenvalue weighted by molar-refractivity contribution is 6.30. The molecule has 1 aliphatic carbocycles. The number of aliphatic imine (C=N–C) groups is 1. The van der Waals surface area contributed by atoms with Gasteiger partial charge in [0.15, 0.2) is 0 Å². The second kappa shape index (κ2) is 15.8. The Balaban J connectivity index is 0.00000109. The normalized spacial score (nSPS) is 21.2. The van der Waals surface area contributed by atoms with Crippen molar-refractivity contribution < 1.29 is 13.9 Å². The number of carbonyl (C=O) groups excluding carboxylic acids is 1. The number of nitrogens with zero attached hydrogens (tertiary/aromatic N) is 6. The lowest BCUT2D eigenvalue weighted by Crippen LogP contribution is -2.50. The number of oxazole rings is 1. The molecule has 0 aromatic carbocycles. The van der Waals surface area contributed by atoms with Crippen molar-refractivity contribution in [2.24, 2.45) is 10.1 Å². The molecule has 0 N–H and O–H groups in total. The molecule has 0 atom stereocenters. The number of halogens is 1. The molecule has 198 valence electrons. The van der Waals surface area contributed by atoms with Crippen LogP contribution in [-0.4, -0.2) is 84.1 Å². The van der Waals surface area contributed by atoms with Gasteiger partial charge in [0.05, 0.1) is 18.3 Å². The number of methoxy groups -OCH3 is 1. The van der Waals surface area contributed by atoms with Crippen LogP contribution in [0.2, 0.25) is 0 Å². The zero-order chi connectivity index (χ0) is 26.3. The minimum Gasteiger partial charge on any atom is -0.495 e. The fraction of sp³-hybridized carbons (Fsp3) is 0.538. The smallest absolute Gasteiger partial charge is 0.244 e. The third kappa shape index (κ3) is 8.26. The van der Waals surface area contributed by atoms with Crippen LogP contribution in [-0.2, 0) is 9.53 Å². The SMILES string of the molecule is CC.CC.COC1=C(Cl)CCC(N2CCN(C(=O)CN3C/N=C\C=C/C/C(c4ncco4)=N\3)CC2)=C1. The predicted octanol–water partition coefficient (Wildman–Crippen LogP) is 4.64. The number of hydrazone groups is 1. The van der Waals surface area contributed by atoms with Crippen LogP contribution in [0.15, 0.2) is 61.7 Å². The number of aromatic nitrogens is 1. The van der Waals surface area contributed by atoms with Crippen molar-refractivity contribution in [3.63, 3.8) is 0 Å². The first-order chi connectivity index (χ1) is 17.6. The summed E-state index contributed by atoms with van der Waals surface area (Å²) >= 11 is 6.22. The van der Waals surface area contributed by atoms with Gasteiger partial charge in [0.25, 0.3) is 0 Å². The molecule has 0 radical (unpaired) electrons. The summed E-state index contributed by atoms with van der Waals surface area (Å²) < 4.78 is 10.8. The van der Waals surface area contributed by atoms with E-state index in [0.29, 0.717) is 37.8 Å². The average Bonchev–Trinajstić information content (AvgIpc) is 3.50. The molecule has 3 aliphatic rings. The van der Waals surface area contributed by atoms with Crippen LogP contribution in [0.1, 0.15) is 52.8 Å². The van der Waals surface area contributed by atoms with E-state index in [1.165, 1.54) is 12.0 Å². The Morgan fingerprint density at radius 1 is 1.14 bits per heavy atom. The van der Waals surface area contributed by atoms with Crippen molar-refractivity contribution in [3.8, 4) is 0 Å². The summed E-state index contributed by atoms with van der Waals surface area (Å²) in [6.07, 6.45) is 12.8. The molecular formula is C26H39ClN6O3. The maximum atomic E-state index is 13.0. The summed E-state index contributed by atoms with van der Waals surface area (Å²) in [5.41, 5.74) is 1.87. The lowest BCUT2D eigenvalue weighted by molar-refractivity contribution is -0.133. The van der Waals surface area contributed by atoms with Crippen molar-refractivity contribution in [2.75, 3.05) is 46.5 Å². The van der Waals surface area contributed by atoms with Crippen molar-refractivity contribution in [1.82, 2.24) is 19.8 Å². The van der Waals surface area contributed by atoms with Crippen molar-refractivity contribution in [3.05, 3.63) is 53.1 Å². The van der Waals surface area contributed by atoms with E-state index in [4.69, 9.17) is 20.8 Å². The third-order valence-electron chi connectivity index (χ3n) is 5.57. The largest absolute Gasteiger partial charge is 0.495 e. The van der Waals surface area contributed by atoms with E-state index >= 15 is 0 Å². The number of hydrogen-bond donors (Lipinski definition) is 0. The van der Waals surface area contributed by atoms with E-state index in [0.717, 1.165) is 36.7 Å². The van der Waals surface area contributed by atoms with Gasteiger partial charge in [0.2, 0.25) is 11.8 Å². The van der Waals surface area contributed by atoms with Crippen molar-refractivity contribution in [1.29, 1.82) is 0 Å². The molecule has 1 amide bonds. The van der Waals surface area contributed by atoms with Gasteiger partial charge >= 0.3 is 0 Å². The van der Waals surface area contributed by atoms with E-state index in [1.54, 1.807) is 24.5 Å². The van der Waals surface area contributed by atoms with Gasteiger partial charge in [-0.15, -0.1) is 0 Å². The summed E-state index contributed by atoms with van der Waals surface area (Å²) in [7, 11) is 1.64. The average molecular weight is 519 g/mol. The lowest BCUT2D eigenvalue weighted by Gasteiger charge is -2.38. The number of carbonyl (C=O) groups is 1. The molecule has 0 spiro atoms. The maximum Gasteiger partial charge on any atom is 0.244 e. The number of hydrogen-bond acceptors (Lipinski definition) is 8. The molecule has 1 aromatic heterocycles. The molecule has 0 saturated carbocycles. The summed E-state index contributed by atoms with van der Waals surface area (Å²) in [4.78, 5) is 25.7. The molecule has 36 heavy (non-hydrogen) atoms. The van der Waals surface area contributed by atoms with Gasteiger partial charge < -0.3 is 19.0 Å². The molecule has 2 aliphatic heterocycles. The Morgan fingerprint density at radius 3 is 2.56 bits per heavy atom. The summed E-state index contributed by atoms with van der Waals surface area (Å²) in [5, 5.41) is 7.04. The van der Waals surface area contributed by atoms with Crippen LogP contribution in [0, 0.1) is 0 Å². The van der Waals surface area contributed by atoms with Gasteiger partial charge in [-0.1, -0.05) is 45.4 Å². The first-order valence-corrected chi connectivity index (χ1v) is 13.0. The molecule has 9 nitrogen and oxygen atoms in total. The molecule has 3 heterocycles. The van der Waals surface area contributed by atoms with Gasteiger partial charge in [-0.3, -0.25) is 14.8 Å². The van der Waals surface area contributed by atoms with E-state index in [-0.39, 0.29) is 12.5 Å². The topological polar surface area (TPSA) is 86.8 Å². The zero-order valence-corrected chi connectivity index (χ0v) is 22.9. The predicted molar refractivity (Wildman–Crippen MR) is 145 cm³/mol.